The number of allylic oxidation sites excluding steroid dienone is 2. The summed E-state index contributed by atoms with van der Waals surface area (Å²) in [4.78, 5) is 11.6. The molecule has 0 spiro atoms. The molecule has 0 atom stereocenters. The average Bonchev–Trinajstić information content (AvgIpc) is 3.11. The van der Waals surface area contributed by atoms with Crippen molar-refractivity contribution in [2.24, 2.45) is 0 Å². The molecule has 1 heterocycles. The van der Waals surface area contributed by atoms with Crippen molar-refractivity contribution >= 4 is 5.97 Å². The van der Waals surface area contributed by atoms with Crippen molar-refractivity contribution in [3.05, 3.63) is 30.7 Å². The molecule has 0 N–H and O–H groups in total. The Bertz CT molecular complexity index is 434. The molecule has 0 saturated heterocycles. The minimum Gasteiger partial charge on any atom is -0.469 e. The van der Waals surface area contributed by atoms with Crippen LogP contribution in [0.25, 0.3) is 0 Å². The zero-order valence-corrected chi connectivity index (χ0v) is 16.0. The van der Waals surface area contributed by atoms with Gasteiger partial charge in [0.25, 0.3) is 0 Å². The predicted octanol–water partition coefficient (Wildman–Crippen LogP) is 7.22. The van der Waals surface area contributed by atoms with Crippen LogP contribution < -0.4 is 4.74 Å². The molecule has 142 valence electrons. The van der Waals surface area contributed by atoms with Crippen LogP contribution >= 0.6 is 0 Å². The van der Waals surface area contributed by atoms with Crippen molar-refractivity contribution in [2.75, 3.05) is 0 Å². The summed E-state index contributed by atoms with van der Waals surface area (Å²) in [5, 5.41) is 0. The molecule has 0 amide bonds. The van der Waals surface area contributed by atoms with Crippen molar-refractivity contribution in [3.8, 4) is 5.75 Å². The van der Waals surface area contributed by atoms with E-state index in [1.807, 2.05) is 0 Å². The van der Waals surface area contributed by atoms with Crippen LogP contribution in [0, 0.1) is 0 Å². The van der Waals surface area contributed by atoms with E-state index in [4.69, 9.17) is 9.15 Å². The van der Waals surface area contributed by atoms with Crippen molar-refractivity contribution in [1.82, 2.24) is 0 Å². The number of rotatable bonds is 16. The topological polar surface area (TPSA) is 39.4 Å². The highest BCUT2D eigenvalue weighted by Crippen LogP contribution is 2.13. The Kier molecular flexibility index (Phi) is 13.8. The monoisotopic (exact) mass is 348 g/mol. The first-order valence-electron chi connectivity index (χ1n) is 10.2. The maximum absolute atomic E-state index is 11.6. The van der Waals surface area contributed by atoms with E-state index in [1.165, 1.54) is 83.2 Å². The number of hydrogen-bond donors (Lipinski definition) is 0. The molecule has 0 aliphatic carbocycles. The lowest BCUT2D eigenvalue weighted by atomic mass is 10.1. The highest BCUT2D eigenvalue weighted by atomic mass is 16.5. The second kappa shape index (κ2) is 16.0. The SMILES string of the molecule is CCCCCCCC/C=C\CCCCCCCC(=O)Oc1ccoc1. The number of hydrogen-bond acceptors (Lipinski definition) is 3. The van der Waals surface area contributed by atoms with Crippen LogP contribution in [0.5, 0.6) is 5.75 Å². The fourth-order valence-corrected chi connectivity index (χ4v) is 2.83. The summed E-state index contributed by atoms with van der Waals surface area (Å²) < 4.78 is 10.00. The second-order valence-electron chi connectivity index (χ2n) is 6.77. The Morgan fingerprint density at radius 3 is 2.12 bits per heavy atom. The van der Waals surface area contributed by atoms with E-state index in [0.717, 1.165) is 12.8 Å². The number of ether oxygens (including phenoxy) is 1. The highest BCUT2D eigenvalue weighted by molar-refractivity contribution is 5.72. The van der Waals surface area contributed by atoms with Gasteiger partial charge >= 0.3 is 5.97 Å². The quantitative estimate of drug-likeness (QED) is 0.180. The summed E-state index contributed by atoms with van der Waals surface area (Å²) in [6.07, 6.45) is 24.5. The van der Waals surface area contributed by atoms with E-state index < -0.39 is 0 Å². The fourth-order valence-electron chi connectivity index (χ4n) is 2.83. The first kappa shape index (κ1) is 21.5. The molecule has 0 radical (unpaired) electrons. The third-order valence-corrected chi connectivity index (χ3v) is 4.37. The lowest BCUT2D eigenvalue weighted by Crippen LogP contribution is -2.06. The van der Waals surface area contributed by atoms with Gasteiger partial charge in [0.2, 0.25) is 0 Å². The third-order valence-electron chi connectivity index (χ3n) is 4.37. The van der Waals surface area contributed by atoms with Crippen LogP contribution in [0.15, 0.2) is 35.2 Å². The Hall–Kier alpha value is -1.51. The van der Waals surface area contributed by atoms with Gasteiger partial charge in [-0.25, -0.2) is 0 Å². The number of furan rings is 1. The Labute approximate surface area is 153 Å². The largest absolute Gasteiger partial charge is 0.469 e. The van der Waals surface area contributed by atoms with Crippen molar-refractivity contribution in [1.29, 1.82) is 0 Å². The van der Waals surface area contributed by atoms with Gasteiger partial charge in [0.15, 0.2) is 5.75 Å². The van der Waals surface area contributed by atoms with Gasteiger partial charge in [-0.1, -0.05) is 70.4 Å². The molecule has 1 aromatic heterocycles. The lowest BCUT2D eigenvalue weighted by Gasteiger charge is -2.02. The van der Waals surface area contributed by atoms with Crippen LogP contribution in [0.2, 0.25) is 0 Å². The first-order chi connectivity index (χ1) is 12.3. The van der Waals surface area contributed by atoms with Gasteiger partial charge < -0.3 is 9.15 Å². The van der Waals surface area contributed by atoms with Crippen LogP contribution in [-0.4, -0.2) is 5.97 Å². The maximum Gasteiger partial charge on any atom is 0.311 e. The summed E-state index contributed by atoms with van der Waals surface area (Å²) in [6.45, 7) is 2.26. The maximum atomic E-state index is 11.6. The van der Waals surface area contributed by atoms with E-state index in [-0.39, 0.29) is 5.97 Å². The Morgan fingerprint density at radius 1 is 0.920 bits per heavy atom. The molecule has 0 aliphatic rings. The standard InChI is InChI=1S/C22H36O3/c1-2-3-4-5-6-7-8-9-10-11-12-13-14-15-16-17-22(23)25-21-18-19-24-20-21/h9-10,18-20H,2-8,11-17H2,1H3/b10-9-. The Morgan fingerprint density at radius 2 is 1.52 bits per heavy atom. The summed E-state index contributed by atoms with van der Waals surface area (Å²) in [7, 11) is 0. The van der Waals surface area contributed by atoms with E-state index in [0.29, 0.717) is 12.2 Å². The van der Waals surface area contributed by atoms with Crippen molar-refractivity contribution < 1.29 is 13.9 Å². The zero-order chi connectivity index (χ0) is 18.0. The normalized spacial score (nSPS) is 11.2. The molecule has 1 aromatic rings. The van der Waals surface area contributed by atoms with Crippen LogP contribution in [0.3, 0.4) is 0 Å². The van der Waals surface area contributed by atoms with E-state index in [1.54, 1.807) is 6.07 Å². The minimum absolute atomic E-state index is 0.168. The smallest absolute Gasteiger partial charge is 0.311 e. The van der Waals surface area contributed by atoms with E-state index in [2.05, 4.69) is 19.1 Å². The molecule has 0 aliphatic heterocycles. The molecule has 0 saturated carbocycles. The molecule has 0 bridgehead atoms. The molecular weight excluding hydrogens is 312 g/mol. The first-order valence-corrected chi connectivity index (χ1v) is 10.2. The summed E-state index contributed by atoms with van der Waals surface area (Å²) in [5.41, 5.74) is 0. The molecule has 25 heavy (non-hydrogen) atoms. The van der Waals surface area contributed by atoms with Gasteiger partial charge in [-0.05, 0) is 32.1 Å². The van der Waals surface area contributed by atoms with Crippen LogP contribution in [0.4, 0.5) is 0 Å². The molecular formula is C22H36O3. The Balaban J connectivity index is 1.79. The molecule has 0 fully saturated rings. The van der Waals surface area contributed by atoms with Gasteiger partial charge in [-0.2, -0.15) is 0 Å². The van der Waals surface area contributed by atoms with Crippen LogP contribution in [0.1, 0.15) is 96.8 Å². The van der Waals surface area contributed by atoms with Gasteiger partial charge in [-0.3, -0.25) is 4.79 Å². The second-order valence-corrected chi connectivity index (χ2v) is 6.77. The van der Waals surface area contributed by atoms with Gasteiger partial charge in [0.1, 0.15) is 6.26 Å². The number of esters is 1. The van der Waals surface area contributed by atoms with Gasteiger partial charge in [0, 0.05) is 12.5 Å². The molecule has 3 nitrogen and oxygen atoms in total. The fraction of sp³-hybridized carbons (Fsp3) is 0.682. The highest BCUT2D eigenvalue weighted by Gasteiger charge is 2.05. The van der Waals surface area contributed by atoms with E-state index >= 15 is 0 Å². The number of carbonyl (C=O) groups excluding carboxylic acids is 1. The minimum atomic E-state index is -0.168. The lowest BCUT2D eigenvalue weighted by molar-refractivity contribution is -0.134. The van der Waals surface area contributed by atoms with Gasteiger partial charge in [-0.15, -0.1) is 0 Å². The molecule has 1 rings (SSSR count). The molecule has 0 aromatic carbocycles. The predicted molar refractivity (Wildman–Crippen MR) is 104 cm³/mol. The average molecular weight is 349 g/mol. The summed E-state index contributed by atoms with van der Waals surface area (Å²) in [6, 6.07) is 1.65. The molecule has 3 heteroatoms. The third kappa shape index (κ3) is 13.5. The summed E-state index contributed by atoms with van der Waals surface area (Å²) >= 11 is 0. The van der Waals surface area contributed by atoms with Gasteiger partial charge in [0.05, 0.1) is 6.26 Å². The van der Waals surface area contributed by atoms with Crippen molar-refractivity contribution in [2.45, 2.75) is 96.8 Å². The number of unbranched alkanes of at least 4 members (excludes halogenated alkanes) is 11. The molecule has 0 unspecified atom stereocenters. The van der Waals surface area contributed by atoms with Crippen LogP contribution in [-0.2, 0) is 4.79 Å². The van der Waals surface area contributed by atoms with E-state index in [9.17, 15) is 4.79 Å². The number of carbonyl (C=O) groups is 1. The summed E-state index contributed by atoms with van der Waals surface area (Å²) in [5.74, 6) is 0.330. The zero-order valence-electron chi connectivity index (χ0n) is 16.0. The van der Waals surface area contributed by atoms with Crippen molar-refractivity contribution in [3.63, 3.8) is 0 Å².